The molecule has 0 radical (unpaired) electrons. The first-order valence-corrected chi connectivity index (χ1v) is 13.0. The van der Waals surface area contributed by atoms with E-state index in [0.29, 0.717) is 12.2 Å². The molecule has 0 aliphatic carbocycles. The maximum atomic E-state index is 14.7. The molecule has 0 aliphatic rings. The molecule has 0 N–H and O–H groups in total. The van der Waals surface area contributed by atoms with Crippen LogP contribution in [0.3, 0.4) is 0 Å². The molecule has 35 heavy (non-hydrogen) atoms. The van der Waals surface area contributed by atoms with Crippen LogP contribution >= 0.6 is 0 Å². The van der Waals surface area contributed by atoms with Crippen molar-refractivity contribution in [1.82, 2.24) is 4.98 Å². The van der Waals surface area contributed by atoms with Gasteiger partial charge in [-0.2, -0.15) is 0 Å². The topological polar surface area (TPSA) is 39.2 Å². The van der Waals surface area contributed by atoms with Crippen molar-refractivity contribution in [2.24, 2.45) is 0 Å². The smallest absolute Gasteiger partial charge is 0.348 e. The third kappa shape index (κ3) is 7.74. The van der Waals surface area contributed by atoms with Gasteiger partial charge in [-0.05, 0) is 67.5 Å². The number of halogens is 1. The predicted molar refractivity (Wildman–Crippen MR) is 142 cm³/mol. The van der Waals surface area contributed by atoms with Crippen LogP contribution in [0, 0.1) is 0 Å². The number of rotatable bonds is 13. The molecule has 0 aliphatic heterocycles. The Balaban J connectivity index is 1.70. The van der Waals surface area contributed by atoms with Gasteiger partial charge in [-0.15, -0.1) is 0 Å². The molecule has 1 aromatic heterocycles. The van der Waals surface area contributed by atoms with Crippen LogP contribution in [0.5, 0.6) is 5.75 Å². The Morgan fingerprint density at radius 2 is 1.54 bits per heavy atom. The van der Waals surface area contributed by atoms with E-state index < -0.39 is 11.6 Å². The summed E-state index contributed by atoms with van der Waals surface area (Å²) in [6.07, 6.45) is 10.7. The third-order valence-electron chi connectivity index (χ3n) is 6.40. The van der Waals surface area contributed by atoms with E-state index >= 15 is 0 Å². The van der Waals surface area contributed by atoms with E-state index in [9.17, 15) is 9.18 Å². The second kappa shape index (κ2) is 13.2. The van der Waals surface area contributed by atoms with Gasteiger partial charge in [-0.25, -0.2) is 9.18 Å². The highest BCUT2D eigenvalue weighted by atomic mass is 19.1. The molecule has 186 valence electrons. The lowest BCUT2D eigenvalue weighted by molar-refractivity contribution is -0.147. The first-order valence-electron chi connectivity index (χ1n) is 13.0. The SMILES string of the molecule is CCCCCCc1ccc(-c2ccccc2-c2ccc(OC(=O)C(C)(F)CCCCC)cc2)nc1. The lowest BCUT2D eigenvalue weighted by Crippen LogP contribution is -2.34. The van der Waals surface area contributed by atoms with E-state index in [4.69, 9.17) is 9.72 Å². The van der Waals surface area contributed by atoms with Crippen molar-refractivity contribution in [2.75, 3.05) is 0 Å². The van der Waals surface area contributed by atoms with Gasteiger partial charge in [0, 0.05) is 11.8 Å². The number of alkyl halides is 1. The molecule has 1 atom stereocenters. The monoisotopic (exact) mass is 475 g/mol. The molecule has 1 heterocycles. The quantitative estimate of drug-likeness (QED) is 0.141. The van der Waals surface area contributed by atoms with Crippen molar-refractivity contribution >= 4 is 5.97 Å². The number of hydrogen-bond donors (Lipinski definition) is 0. The highest BCUT2D eigenvalue weighted by molar-refractivity contribution is 5.83. The zero-order valence-electron chi connectivity index (χ0n) is 21.4. The van der Waals surface area contributed by atoms with Gasteiger partial charge in [0.2, 0.25) is 5.67 Å². The number of esters is 1. The first kappa shape index (κ1) is 26.6. The second-order valence-electron chi connectivity index (χ2n) is 9.48. The number of nitrogens with zero attached hydrogens (tertiary/aromatic N) is 1. The van der Waals surface area contributed by atoms with Gasteiger partial charge < -0.3 is 4.74 Å². The molecule has 0 bridgehead atoms. The Morgan fingerprint density at radius 3 is 2.20 bits per heavy atom. The zero-order chi connectivity index (χ0) is 25.1. The number of aryl methyl sites for hydroxylation is 1. The number of hydrogen-bond acceptors (Lipinski definition) is 3. The zero-order valence-corrected chi connectivity index (χ0v) is 21.4. The van der Waals surface area contributed by atoms with Crippen molar-refractivity contribution in [2.45, 2.75) is 84.2 Å². The summed E-state index contributed by atoms with van der Waals surface area (Å²) in [5.41, 5.74) is 3.29. The van der Waals surface area contributed by atoms with Crippen LogP contribution in [0.2, 0.25) is 0 Å². The van der Waals surface area contributed by atoms with E-state index in [1.807, 2.05) is 37.4 Å². The minimum absolute atomic E-state index is 0.176. The maximum absolute atomic E-state index is 14.7. The molecule has 0 saturated carbocycles. The van der Waals surface area contributed by atoms with Crippen LogP contribution in [-0.2, 0) is 11.2 Å². The Morgan fingerprint density at radius 1 is 0.857 bits per heavy atom. The molecule has 0 spiro atoms. The van der Waals surface area contributed by atoms with E-state index in [1.54, 1.807) is 12.1 Å². The largest absolute Gasteiger partial charge is 0.424 e. The highest BCUT2D eigenvalue weighted by Crippen LogP contribution is 2.32. The third-order valence-corrected chi connectivity index (χ3v) is 6.40. The minimum atomic E-state index is -1.98. The minimum Gasteiger partial charge on any atom is -0.424 e. The van der Waals surface area contributed by atoms with Crippen LogP contribution in [0.15, 0.2) is 66.9 Å². The average molecular weight is 476 g/mol. The van der Waals surface area contributed by atoms with E-state index in [2.05, 4.69) is 31.2 Å². The van der Waals surface area contributed by atoms with Gasteiger partial charge in [0.15, 0.2) is 0 Å². The molecule has 0 amide bonds. The molecule has 3 nitrogen and oxygen atoms in total. The van der Waals surface area contributed by atoms with Crippen molar-refractivity contribution in [3.63, 3.8) is 0 Å². The number of ether oxygens (including phenoxy) is 1. The fraction of sp³-hybridized carbons (Fsp3) is 0.419. The fourth-order valence-electron chi connectivity index (χ4n) is 4.17. The summed E-state index contributed by atoms with van der Waals surface area (Å²) in [5.74, 6) is -0.484. The van der Waals surface area contributed by atoms with Crippen LogP contribution < -0.4 is 4.74 Å². The number of aromatic nitrogens is 1. The normalized spacial score (nSPS) is 12.8. The van der Waals surface area contributed by atoms with Gasteiger partial charge in [0.1, 0.15) is 5.75 Å². The van der Waals surface area contributed by atoms with Crippen LogP contribution in [0.1, 0.15) is 77.7 Å². The van der Waals surface area contributed by atoms with Gasteiger partial charge in [0.05, 0.1) is 5.69 Å². The molecule has 2 aromatic carbocycles. The number of carbonyl (C=O) groups is 1. The summed E-state index contributed by atoms with van der Waals surface area (Å²) in [6, 6.07) is 19.6. The molecular formula is C31H38FNO2. The van der Waals surface area contributed by atoms with Crippen LogP contribution in [0.25, 0.3) is 22.4 Å². The van der Waals surface area contributed by atoms with E-state index in [-0.39, 0.29) is 6.42 Å². The molecule has 3 aromatic rings. The summed E-state index contributed by atoms with van der Waals surface area (Å²) >= 11 is 0. The predicted octanol–water partition coefficient (Wildman–Crippen LogP) is 8.75. The second-order valence-corrected chi connectivity index (χ2v) is 9.48. The summed E-state index contributed by atoms with van der Waals surface area (Å²) < 4.78 is 20.1. The van der Waals surface area contributed by atoms with E-state index in [1.165, 1.54) is 38.2 Å². The number of unbranched alkanes of at least 4 members (excludes halogenated alkanes) is 5. The van der Waals surface area contributed by atoms with Gasteiger partial charge in [-0.1, -0.05) is 88.4 Å². The van der Waals surface area contributed by atoms with Crippen LogP contribution in [0.4, 0.5) is 4.39 Å². The van der Waals surface area contributed by atoms with E-state index in [0.717, 1.165) is 41.6 Å². The Hall–Kier alpha value is -3.01. The molecular weight excluding hydrogens is 437 g/mol. The maximum Gasteiger partial charge on any atom is 0.348 e. The van der Waals surface area contributed by atoms with Crippen molar-refractivity contribution < 1.29 is 13.9 Å². The molecule has 3 rings (SSSR count). The van der Waals surface area contributed by atoms with Crippen LogP contribution in [-0.4, -0.2) is 16.6 Å². The summed E-state index contributed by atoms with van der Waals surface area (Å²) in [5, 5.41) is 0. The van der Waals surface area contributed by atoms with Gasteiger partial charge in [-0.3, -0.25) is 4.98 Å². The number of benzene rings is 2. The lowest BCUT2D eigenvalue weighted by atomic mass is 9.97. The van der Waals surface area contributed by atoms with Crippen molar-refractivity contribution in [1.29, 1.82) is 0 Å². The number of carbonyl (C=O) groups excluding carboxylic acids is 1. The average Bonchev–Trinajstić information content (AvgIpc) is 2.87. The molecule has 0 fully saturated rings. The van der Waals surface area contributed by atoms with Crippen molar-refractivity contribution in [3.8, 4) is 28.1 Å². The Labute approximate surface area is 209 Å². The Bertz CT molecular complexity index is 1060. The van der Waals surface area contributed by atoms with Gasteiger partial charge >= 0.3 is 5.97 Å². The first-order chi connectivity index (χ1) is 16.9. The fourth-order valence-corrected chi connectivity index (χ4v) is 4.17. The Kier molecular flexibility index (Phi) is 10.0. The lowest BCUT2D eigenvalue weighted by Gasteiger charge is -2.18. The van der Waals surface area contributed by atoms with Gasteiger partial charge in [0.25, 0.3) is 0 Å². The highest BCUT2D eigenvalue weighted by Gasteiger charge is 2.34. The summed E-state index contributed by atoms with van der Waals surface area (Å²) in [6.45, 7) is 5.58. The molecule has 0 saturated heterocycles. The molecule has 1 unspecified atom stereocenters. The number of pyridine rings is 1. The summed E-state index contributed by atoms with van der Waals surface area (Å²) in [7, 11) is 0. The summed E-state index contributed by atoms with van der Waals surface area (Å²) in [4.78, 5) is 17.1. The molecule has 4 heteroatoms. The standard InChI is InChI=1S/C31H38FNO2/c1-4-6-8-9-13-24-16-21-29(33-23-24)28-15-11-10-14-27(28)25-17-19-26(20-18-25)35-30(34)31(3,32)22-12-7-5-2/h10-11,14-21,23H,4-9,12-13,22H2,1-3H3. The van der Waals surface area contributed by atoms with Crippen molar-refractivity contribution in [3.05, 3.63) is 72.4 Å².